The summed E-state index contributed by atoms with van der Waals surface area (Å²) in [5.41, 5.74) is 3.77. The molecule has 2 heterocycles. The van der Waals surface area contributed by atoms with E-state index in [0.717, 1.165) is 69.9 Å². The molecular formula is C33H44N4O2. The molecule has 208 valence electrons. The molecule has 1 N–H and O–H groups in total. The molecule has 0 radical (unpaired) electrons. The lowest BCUT2D eigenvalue weighted by atomic mass is 9.52. The number of fused-ring (bicyclic) bond motifs is 5. The third-order valence-electron chi connectivity index (χ3n) is 10.8. The summed E-state index contributed by atoms with van der Waals surface area (Å²) in [7, 11) is 0. The van der Waals surface area contributed by atoms with Gasteiger partial charge in [-0.25, -0.2) is 4.98 Å². The number of hydrogen-bond acceptors (Lipinski definition) is 6. The van der Waals surface area contributed by atoms with Crippen LogP contribution < -0.4 is 10.2 Å². The number of anilines is 2. The van der Waals surface area contributed by atoms with Gasteiger partial charge in [0.15, 0.2) is 17.4 Å². The first-order valence-corrected chi connectivity index (χ1v) is 15.1. The van der Waals surface area contributed by atoms with Crippen LogP contribution in [-0.4, -0.2) is 60.7 Å². The molecule has 0 spiro atoms. The largest absolute Gasteiger partial charge is 0.382 e. The number of nitrogens with zero attached hydrogens (tertiary/aromatic N) is 3. The van der Waals surface area contributed by atoms with Gasteiger partial charge in [-0.05, 0) is 87.0 Å². The normalized spacial score (nSPS) is 36.0. The average molecular weight is 529 g/mol. The highest BCUT2D eigenvalue weighted by atomic mass is 16.1. The minimum Gasteiger partial charge on any atom is -0.382 e. The number of hydrogen-bond donors (Lipinski definition) is 1. The molecule has 39 heavy (non-hydrogen) atoms. The van der Waals surface area contributed by atoms with Gasteiger partial charge in [0.05, 0.1) is 12.2 Å². The van der Waals surface area contributed by atoms with E-state index >= 15 is 0 Å². The SMILES string of the molecule is CCNc1cccnc1N1CCN(CC(=O)[C@H]2[C@H](C)CC3C4CCC5=CC(=O)C=C[C@]5(C)C4=CC[C@@]32C)CC1. The zero-order valence-corrected chi connectivity index (χ0v) is 24.1. The Hall–Kier alpha value is -2.73. The van der Waals surface area contributed by atoms with E-state index in [0.29, 0.717) is 30.1 Å². The molecule has 0 amide bonds. The van der Waals surface area contributed by atoms with Crippen molar-refractivity contribution in [2.24, 2.45) is 34.5 Å². The Morgan fingerprint density at radius 2 is 2.00 bits per heavy atom. The van der Waals surface area contributed by atoms with E-state index in [-0.39, 0.29) is 22.5 Å². The molecule has 6 atom stereocenters. The lowest BCUT2D eigenvalue weighted by Gasteiger charge is -2.52. The van der Waals surface area contributed by atoms with Crippen LogP contribution in [0.25, 0.3) is 0 Å². The fourth-order valence-electron chi connectivity index (χ4n) is 8.99. The van der Waals surface area contributed by atoms with Gasteiger partial charge < -0.3 is 10.2 Å². The van der Waals surface area contributed by atoms with Crippen molar-refractivity contribution < 1.29 is 9.59 Å². The van der Waals surface area contributed by atoms with Gasteiger partial charge in [-0.15, -0.1) is 0 Å². The van der Waals surface area contributed by atoms with Crippen molar-refractivity contribution in [2.45, 2.75) is 53.4 Å². The van der Waals surface area contributed by atoms with Crippen LogP contribution in [0.1, 0.15) is 53.4 Å². The summed E-state index contributed by atoms with van der Waals surface area (Å²) < 4.78 is 0. The van der Waals surface area contributed by atoms with Crippen LogP contribution in [0.15, 0.2) is 53.8 Å². The number of pyridine rings is 1. The molecule has 3 fully saturated rings. The summed E-state index contributed by atoms with van der Waals surface area (Å²) in [6, 6.07) is 4.07. The van der Waals surface area contributed by atoms with Crippen LogP contribution in [0, 0.1) is 34.5 Å². The Morgan fingerprint density at radius 1 is 1.21 bits per heavy atom. The number of allylic oxidation sites excluding steroid dienone is 6. The van der Waals surface area contributed by atoms with Crippen LogP contribution in [-0.2, 0) is 9.59 Å². The molecule has 0 aromatic carbocycles. The maximum absolute atomic E-state index is 14.0. The highest BCUT2D eigenvalue weighted by molar-refractivity contribution is 6.01. The molecule has 0 bridgehead atoms. The second-order valence-electron chi connectivity index (χ2n) is 13.1. The molecule has 1 aliphatic heterocycles. The quantitative estimate of drug-likeness (QED) is 0.506. The van der Waals surface area contributed by atoms with Gasteiger partial charge >= 0.3 is 0 Å². The monoisotopic (exact) mass is 528 g/mol. The summed E-state index contributed by atoms with van der Waals surface area (Å²) in [5.74, 6) is 3.16. The molecular weight excluding hydrogens is 484 g/mol. The zero-order valence-electron chi connectivity index (χ0n) is 24.1. The molecule has 2 unspecified atom stereocenters. The van der Waals surface area contributed by atoms with E-state index in [4.69, 9.17) is 0 Å². The van der Waals surface area contributed by atoms with Gasteiger partial charge in [0, 0.05) is 50.3 Å². The molecule has 5 aliphatic rings. The van der Waals surface area contributed by atoms with E-state index < -0.39 is 0 Å². The molecule has 4 aliphatic carbocycles. The number of rotatable bonds is 6. The Labute approximate surface area is 233 Å². The van der Waals surface area contributed by atoms with E-state index in [1.165, 1.54) is 11.1 Å². The molecule has 6 rings (SSSR count). The van der Waals surface area contributed by atoms with Crippen molar-refractivity contribution in [3.63, 3.8) is 0 Å². The molecule has 6 nitrogen and oxygen atoms in total. The number of nitrogens with one attached hydrogen (secondary N) is 1. The summed E-state index contributed by atoms with van der Waals surface area (Å²) in [6.45, 7) is 14.1. The van der Waals surface area contributed by atoms with Crippen molar-refractivity contribution in [1.82, 2.24) is 9.88 Å². The Morgan fingerprint density at radius 3 is 2.77 bits per heavy atom. The molecule has 1 aromatic heterocycles. The Bertz CT molecular complexity index is 1240. The lowest BCUT2D eigenvalue weighted by molar-refractivity contribution is -0.129. The lowest BCUT2D eigenvalue weighted by Crippen LogP contribution is -2.51. The number of aromatic nitrogens is 1. The van der Waals surface area contributed by atoms with Crippen molar-refractivity contribution in [3.8, 4) is 0 Å². The second-order valence-corrected chi connectivity index (χ2v) is 13.1. The maximum Gasteiger partial charge on any atom is 0.178 e. The highest BCUT2D eigenvalue weighted by Crippen LogP contribution is 2.65. The number of piperazine rings is 1. The average Bonchev–Trinajstić information content (AvgIpc) is 3.20. The first-order chi connectivity index (χ1) is 18.7. The Balaban J connectivity index is 1.14. The predicted molar refractivity (Wildman–Crippen MR) is 157 cm³/mol. The predicted octanol–water partition coefficient (Wildman–Crippen LogP) is 5.29. The van der Waals surface area contributed by atoms with Crippen LogP contribution >= 0.6 is 0 Å². The van der Waals surface area contributed by atoms with Gasteiger partial charge in [0.25, 0.3) is 0 Å². The number of Topliss-reactive ketones (excluding diaryl/α,β-unsaturated/α-hetero) is 1. The van der Waals surface area contributed by atoms with E-state index in [1.807, 2.05) is 18.3 Å². The molecule has 1 aromatic rings. The molecule has 2 saturated carbocycles. The fourth-order valence-corrected chi connectivity index (χ4v) is 8.99. The number of carbonyl (C=O) groups is 2. The third-order valence-corrected chi connectivity index (χ3v) is 10.8. The van der Waals surface area contributed by atoms with Gasteiger partial charge in [-0.3, -0.25) is 14.5 Å². The summed E-state index contributed by atoms with van der Waals surface area (Å²) in [6.07, 6.45) is 14.3. The van der Waals surface area contributed by atoms with Crippen LogP contribution in [0.2, 0.25) is 0 Å². The van der Waals surface area contributed by atoms with Gasteiger partial charge in [0.1, 0.15) is 0 Å². The Kier molecular flexibility index (Phi) is 6.81. The van der Waals surface area contributed by atoms with Crippen molar-refractivity contribution in [2.75, 3.05) is 49.5 Å². The van der Waals surface area contributed by atoms with Crippen molar-refractivity contribution >= 4 is 23.1 Å². The van der Waals surface area contributed by atoms with Crippen LogP contribution in [0.3, 0.4) is 0 Å². The van der Waals surface area contributed by atoms with Crippen LogP contribution in [0.4, 0.5) is 11.5 Å². The number of ketones is 2. The maximum atomic E-state index is 14.0. The first kappa shape index (κ1) is 26.5. The van der Waals surface area contributed by atoms with Gasteiger partial charge in [-0.1, -0.05) is 37.1 Å². The summed E-state index contributed by atoms with van der Waals surface area (Å²) in [5, 5.41) is 3.43. The smallest absolute Gasteiger partial charge is 0.178 e. The number of carbonyl (C=O) groups excluding carboxylic acids is 2. The molecule has 1 saturated heterocycles. The molecule has 6 heteroatoms. The van der Waals surface area contributed by atoms with Gasteiger partial charge in [0.2, 0.25) is 0 Å². The van der Waals surface area contributed by atoms with E-state index in [1.54, 1.807) is 6.08 Å². The van der Waals surface area contributed by atoms with Crippen molar-refractivity contribution in [3.05, 3.63) is 53.8 Å². The minimum absolute atomic E-state index is 0.0208. The first-order valence-electron chi connectivity index (χ1n) is 15.1. The standard InChI is InChI=1S/C33H44N4O2/c1-5-34-28-7-6-14-35-31(28)37-17-15-36(16-18-37)21-29(39)30-22(2)19-27-25-9-8-23-20-24(38)10-12-32(23,3)26(25)11-13-33(27,30)4/h6-7,10-12,14,20,22,25,27,30,34H,5,8-9,13,15-19,21H2,1-4H3/t22-,25?,27?,30-,32+,33+/m1/s1. The van der Waals surface area contributed by atoms with Crippen LogP contribution in [0.5, 0.6) is 0 Å². The second kappa shape index (κ2) is 10.0. The van der Waals surface area contributed by atoms with Gasteiger partial charge in [-0.2, -0.15) is 0 Å². The topological polar surface area (TPSA) is 65.5 Å². The summed E-state index contributed by atoms with van der Waals surface area (Å²) >= 11 is 0. The fraction of sp³-hybridized carbons (Fsp3) is 0.606. The summed E-state index contributed by atoms with van der Waals surface area (Å²) in [4.78, 5) is 35.4. The third kappa shape index (κ3) is 4.39. The van der Waals surface area contributed by atoms with Crippen molar-refractivity contribution in [1.29, 1.82) is 0 Å². The zero-order chi connectivity index (χ0) is 27.4. The van der Waals surface area contributed by atoms with E-state index in [9.17, 15) is 9.59 Å². The van der Waals surface area contributed by atoms with E-state index in [2.05, 4.69) is 66.0 Å². The highest BCUT2D eigenvalue weighted by Gasteiger charge is 2.59. The minimum atomic E-state index is -0.122.